The summed E-state index contributed by atoms with van der Waals surface area (Å²) in [7, 11) is 0. The number of hydrogen-bond donors (Lipinski definition) is 1. The van der Waals surface area contributed by atoms with Crippen molar-refractivity contribution in [2.24, 2.45) is 0 Å². The summed E-state index contributed by atoms with van der Waals surface area (Å²) in [4.78, 5) is 41.9. The molecular weight excluding hydrogens is 440 g/mol. The molecule has 4 aromatic rings. The summed E-state index contributed by atoms with van der Waals surface area (Å²) in [6.07, 6.45) is 3.93. The van der Waals surface area contributed by atoms with E-state index in [1.54, 1.807) is 19.1 Å². The molecule has 0 unspecified atom stereocenters. The van der Waals surface area contributed by atoms with Crippen LogP contribution in [0.4, 0.5) is 5.13 Å². The van der Waals surface area contributed by atoms with E-state index in [1.807, 2.05) is 43.3 Å². The second kappa shape index (κ2) is 9.62. The van der Waals surface area contributed by atoms with Crippen LogP contribution < -0.4 is 10.7 Å². The highest BCUT2D eigenvalue weighted by Gasteiger charge is 2.17. The van der Waals surface area contributed by atoms with Crippen LogP contribution in [0.5, 0.6) is 0 Å². The maximum atomic E-state index is 12.6. The van der Waals surface area contributed by atoms with Crippen molar-refractivity contribution in [2.45, 2.75) is 20.5 Å². The lowest BCUT2D eigenvalue weighted by molar-refractivity contribution is -0.111. The third-order valence-electron chi connectivity index (χ3n) is 4.79. The molecule has 2 heterocycles. The largest absolute Gasteiger partial charge is 0.463 e. The smallest absolute Gasteiger partial charge is 0.350 e. The van der Waals surface area contributed by atoms with Gasteiger partial charge in [-0.05, 0) is 37.6 Å². The number of carbonyl (C=O) groups excluding carboxylic acids is 2. The van der Waals surface area contributed by atoms with Crippen molar-refractivity contribution in [1.29, 1.82) is 0 Å². The van der Waals surface area contributed by atoms with Crippen molar-refractivity contribution >= 4 is 45.4 Å². The number of ether oxygens (including phenoxy) is 1. The standard InChI is InChI=1S/C25H20N2O5S/c1-15-8-10-20-19(12-15)22(29)18(14-31-20)9-11-21(28)27-25-26-16(2)23(33-25)24(30)32-13-17-6-4-3-5-7-17/h3-12,14H,13H2,1-2H3,(H,26,27,28)/b11-9+. The fraction of sp³-hybridized carbons (Fsp3) is 0.120. The van der Waals surface area contributed by atoms with Crippen LogP contribution in [0.25, 0.3) is 17.0 Å². The number of thiazole rings is 1. The Bertz CT molecular complexity index is 1420. The number of carbonyl (C=O) groups is 2. The number of fused-ring (bicyclic) bond motifs is 1. The molecule has 0 spiro atoms. The summed E-state index contributed by atoms with van der Waals surface area (Å²) >= 11 is 1.03. The Morgan fingerprint density at radius 2 is 1.94 bits per heavy atom. The summed E-state index contributed by atoms with van der Waals surface area (Å²) in [5, 5.41) is 3.32. The van der Waals surface area contributed by atoms with Crippen molar-refractivity contribution in [3.8, 4) is 0 Å². The normalized spacial score (nSPS) is 11.1. The number of aryl methyl sites for hydroxylation is 2. The first-order chi connectivity index (χ1) is 15.9. The molecule has 33 heavy (non-hydrogen) atoms. The highest BCUT2D eigenvalue weighted by Crippen LogP contribution is 2.24. The van der Waals surface area contributed by atoms with E-state index in [1.165, 1.54) is 18.4 Å². The van der Waals surface area contributed by atoms with Crippen molar-refractivity contribution in [1.82, 2.24) is 4.98 Å². The van der Waals surface area contributed by atoms with Gasteiger partial charge in [0, 0.05) is 6.08 Å². The highest BCUT2D eigenvalue weighted by atomic mass is 32.1. The van der Waals surface area contributed by atoms with Crippen LogP contribution in [-0.2, 0) is 16.1 Å². The van der Waals surface area contributed by atoms with E-state index >= 15 is 0 Å². The zero-order chi connectivity index (χ0) is 23.4. The number of nitrogens with one attached hydrogen (secondary N) is 1. The van der Waals surface area contributed by atoms with E-state index in [-0.39, 0.29) is 22.7 Å². The Hall–Kier alpha value is -4.04. The molecule has 1 amide bonds. The molecule has 2 aromatic carbocycles. The lowest BCUT2D eigenvalue weighted by Crippen LogP contribution is -2.09. The average Bonchev–Trinajstić information content (AvgIpc) is 3.18. The van der Waals surface area contributed by atoms with Gasteiger partial charge in [-0.15, -0.1) is 0 Å². The molecule has 1 N–H and O–H groups in total. The summed E-state index contributed by atoms with van der Waals surface area (Å²) in [6.45, 7) is 3.70. The molecule has 4 rings (SSSR count). The van der Waals surface area contributed by atoms with E-state index < -0.39 is 11.9 Å². The molecule has 7 nitrogen and oxygen atoms in total. The molecule has 8 heteroatoms. The predicted molar refractivity (Wildman–Crippen MR) is 127 cm³/mol. The van der Waals surface area contributed by atoms with Gasteiger partial charge in [0.25, 0.3) is 0 Å². The first-order valence-electron chi connectivity index (χ1n) is 10.1. The number of aromatic nitrogens is 1. The van der Waals surface area contributed by atoms with Crippen molar-refractivity contribution < 1.29 is 18.7 Å². The van der Waals surface area contributed by atoms with Crippen molar-refractivity contribution in [3.05, 3.63) is 98.4 Å². The summed E-state index contributed by atoms with van der Waals surface area (Å²) in [6, 6.07) is 14.7. The lowest BCUT2D eigenvalue weighted by Gasteiger charge is -2.03. The third kappa shape index (κ3) is 5.24. The first-order valence-corrected chi connectivity index (χ1v) is 10.9. The van der Waals surface area contributed by atoms with Gasteiger partial charge < -0.3 is 9.15 Å². The number of anilines is 1. The zero-order valence-corrected chi connectivity index (χ0v) is 18.8. The van der Waals surface area contributed by atoms with Gasteiger partial charge in [0.15, 0.2) is 10.6 Å². The van der Waals surface area contributed by atoms with Crippen molar-refractivity contribution in [3.63, 3.8) is 0 Å². The molecule has 0 aliphatic carbocycles. The maximum Gasteiger partial charge on any atom is 0.350 e. The minimum atomic E-state index is -0.506. The Morgan fingerprint density at radius 1 is 1.15 bits per heavy atom. The lowest BCUT2D eigenvalue weighted by atomic mass is 10.1. The van der Waals surface area contributed by atoms with Crippen LogP contribution in [-0.4, -0.2) is 16.9 Å². The second-order valence-electron chi connectivity index (χ2n) is 7.34. The Morgan fingerprint density at radius 3 is 2.73 bits per heavy atom. The van der Waals surface area contributed by atoms with Crippen LogP contribution in [0, 0.1) is 13.8 Å². The number of amides is 1. The molecule has 0 saturated heterocycles. The molecule has 2 aromatic heterocycles. The molecule has 166 valence electrons. The van der Waals surface area contributed by atoms with Crippen LogP contribution in [0.3, 0.4) is 0 Å². The van der Waals surface area contributed by atoms with Gasteiger partial charge >= 0.3 is 5.97 Å². The molecule has 0 saturated carbocycles. The van der Waals surface area contributed by atoms with Crippen LogP contribution in [0.15, 0.2) is 70.1 Å². The molecule has 0 radical (unpaired) electrons. The van der Waals surface area contributed by atoms with E-state index in [9.17, 15) is 14.4 Å². The molecule has 0 aliphatic rings. The fourth-order valence-corrected chi connectivity index (χ4v) is 3.98. The quantitative estimate of drug-likeness (QED) is 0.325. The van der Waals surface area contributed by atoms with Gasteiger partial charge in [-0.25, -0.2) is 9.78 Å². The minimum Gasteiger partial charge on any atom is -0.463 e. The topological polar surface area (TPSA) is 98.5 Å². The Kier molecular flexibility index (Phi) is 6.46. The molecular formula is C25H20N2O5S. The van der Waals surface area contributed by atoms with Gasteiger partial charge in [0.1, 0.15) is 23.3 Å². The van der Waals surface area contributed by atoms with E-state index in [2.05, 4.69) is 10.3 Å². The van der Waals surface area contributed by atoms with Gasteiger partial charge in [-0.3, -0.25) is 14.9 Å². The third-order valence-corrected chi connectivity index (χ3v) is 5.85. The summed E-state index contributed by atoms with van der Waals surface area (Å²) in [5.41, 5.74) is 2.78. The number of nitrogens with zero attached hydrogens (tertiary/aromatic N) is 1. The molecule has 0 bridgehead atoms. The highest BCUT2D eigenvalue weighted by molar-refractivity contribution is 7.17. The van der Waals surface area contributed by atoms with Gasteiger partial charge in [0.2, 0.25) is 5.91 Å². The van der Waals surface area contributed by atoms with E-state index in [0.29, 0.717) is 21.5 Å². The first kappa shape index (κ1) is 22.2. The number of rotatable bonds is 6. The van der Waals surface area contributed by atoms with Gasteiger partial charge in [-0.1, -0.05) is 53.3 Å². The predicted octanol–water partition coefficient (Wildman–Crippen LogP) is 4.88. The number of hydrogen-bond acceptors (Lipinski definition) is 7. The molecule has 0 aliphatic heterocycles. The summed E-state index contributed by atoms with van der Waals surface area (Å²) in [5.74, 6) is -0.995. The van der Waals surface area contributed by atoms with Crippen LogP contribution >= 0.6 is 11.3 Å². The van der Waals surface area contributed by atoms with Crippen LogP contribution in [0.2, 0.25) is 0 Å². The average molecular weight is 461 g/mol. The van der Waals surface area contributed by atoms with Gasteiger partial charge in [-0.2, -0.15) is 0 Å². The summed E-state index contributed by atoms with van der Waals surface area (Å²) < 4.78 is 10.8. The maximum absolute atomic E-state index is 12.6. The van der Waals surface area contributed by atoms with Crippen LogP contribution in [0.1, 0.15) is 32.1 Å². The Balaban J connectivity index is 1.42. The Labute approximate surface area is 193 Å². The van der Waals surface area contributed by atoms with Crippen molar-refractivity contribution in [2.75, 3.05) is 5.32 Å². The molecule has 0 fully saturated rings. The van der Waals surface area contributed by atoms with Gasteiger partial charge in [0.05, 0.1) is 16.6 Å². The number of benzene rings is 2. The monoisotopic (exact) mass is 460 g/mol. The minimum absolute atomic E-state index is 0.148. The SMILES string of the molecule is Cc1ccc2occ(/C=C/C(=O)Nc3nc(C)c(C(=O)OCc4ccccc4)s3)c(=O)c2c1. The number of esters is 1. The fourth-order valence-electron chi connectivity index (χ4n) is 3.12. The molecule has 0 atom stereocenters. The second-order valence-corrected chi connectivity index (χ2v) is 8.34. The van der Waals surface area contributed by atoms with E-state index in [0.717, 1.165) is 22.5 Å². The zero-order valence-electron chi connectivity index (χ0n) is 18.0. The van der Waals surface area contributed by atoms with E-state index in [4.69, 9.17) is 9.15 Å².